The van der Waals surface area contributed by atoms with Gasteiger partial charge >= 0.3 is 0 Å². The van der Waals surface area contributed by atoms with Gasteiger partial charge in [-0.25, -0.2) is 9.97 Å². The molecule has 2 heterocycles. The number of hydrogen-bond acceptors (Lipinski definition) is 5. The minimum Gasteiger partial charge on any atom is -0.345 e. The highest BCUT2D eigenvalue weighted by Crippen LogP contribution is 2.23. The summed E-state index contributed by atoms with van der Waals surface area (Å²) in [6, 6.07) is 14.4. The van der Waals surface area contributed by atoms with Crippen molar-refractivity contribution in [3.8, 4) is 0 Å². The second kappa shape index (κ2) is 7.52. The largest absolute Gasteiger partial charge is 0.345 e. The molecule has 0 fully saturated rings. The highest BCUT2D eigenvalue weighted by molar-refractivity contribution is 6.33. The Morgan fingerprint density at radius 3 is 2.67 bits per heavy atom. The third kappa shape index (κ3) is 4.05. The molecule has 0 saturated heterocycles. The number of nitrogens with one attached hydrogen (secondary N) is 2. The van der Waals surface area contributed by atoms with Gasteiger partial charge in [0.25, 0.3) is 5.91 Å². The first-order valence-corrected chi connectivity index (χ1v) is 7.62. The molecule has 0 spiro atoms. The summed E-state index contributed by atoms with van der Waals surface area (Å²) in [5.41, 5.74) is 1.74. The van der Waals surface area contributed by atoms with E-state index >= 15 is 0 Å². The second-order valence-corrected chi connectivity index (χ2v) is 5.30. The topological polar surface area (TPSA) is 79.8 Å². The summed E-state index contributed by atoms with van der Waals surface area (Å²) < 4.78 is 0. The molecule has 24 heavy (non-hydrogen) atoms. The molecule has 0 unspecified atom stereocenters. The predicted octanol–water partition coefficient (Wildman–Crippen LogP) is 3.20. The van der Waals surface area contributed by atoms with Crippen LogP contribution in [-0.2, 0) is 6.54 Å². The maximum Gasteiger partial charge on any atom is 0.270 e. The standard InChI is InChI=1S/C17H14ClN5O/c18-13-6-1-2-7-14(13)23-16-9-15(21-11-22-16)17(24)20-10-12-5-3-4-8-19-12/h1-9,11H,10H2,(H,20,24)(H,21,22,23). The summed E-state index contributed by atoms with van der Waals surface area (Å²) in [7, 11) is 0. The number of para-hydroxylation sites is 1. The molecule has 120 valence electrons. The van der Waals surface area contributed by atoms with Gasteiger partial charge in [-0.05, 0) is 24.3 Å². The van der Waals surface area contributed by atoms with Crippen molar-refractivity contribution in [1.29, 1.82) is 0 Å². The van der Waals surface area contributed by atoms with Gasteiger partial charge in [-0.3, -0.25) is 9.78 Å². The third-order valence-corrected chi connectivity index (χ3v) is 3.52. The van der Waals surface area contributed by atoms with Crippen molar-refractivity contribution >= 4 is 29.0 Å². The molecule has 6 nitrogen and oxygen atoms in total. The van der Waals surface area contributed by atoms with Gasteiger partial charge in [0.15, 0.2) is 0 Å². The second-order valence-electron chi connectivity index (χ2n) is 4.90. The van der Waals surface area contributed by atoms with Crippen molar-refractivity contribution in [1.82, 2.24) is 20.3 Å². The van der Waals surface area contributed by atoms with Crippen LogP contribution in [0, 0.1) is 0 Å². The monoisotopic (exact) mass is 339 g/mol. The lowest BCUT2D eigenvalue weighted by Crippen LogP contribution is -2.24. The number of halogens is 1. The zero-order valence-corrected chi connectivity index (χ0v) is 13.4. The van der Waals surface area contributed by atoms with Crippen molar-refractivity contribution in [3.63, 3.8) is 0 Å². The smallest absolute Gasteiger partial charge is 0.270 e. The fourth-order valence-corrected chi connectivity index (χ4v) is 2.20. The minimum atomic E-state index is -0.301. The first kappa shape index (κ1) is 15.9. The van der Waals surface area contributed by atoms with E-state index in [1.807, 2.05) is 36.4 Å². The van der Waals surface area contributed by atoms with Crippen LogP contribution >= 0.6 is 11.6 Å². The average molecular weight is 340 g/mol. The molecule has 0 aliphatic rings. The molecule has 7 heteroatoms. The normalized spacial score (nSPS) is 10.2. The van der Waals surface area contributed by atoms with Crippen LogP contribution in [0.2, 0.25) is 5.02 Å². The lowest BCUT2D eigenvalue weighted by Gasteiger charge is -2.08. The van der Waals surface area contributed by atoms with Crippen molar-refractivity contribution in [2.75, 3.05) is 5.32 Å². The van der Waals surface area contributed by atoms with E-state index in [9.17, 15) is 4.79 Å². The molecule has 0 saturated carbocycles. The van der Waals surface area contributed by atoms with Crippen LogP contribution in [-0.4, -0.2) is 20.9 Å². The third-order valence-electron chi connectivity index (χ3n) is 3.19. The molecule has 3 rings (SSSR count). The minimum absolute atomic E-state index is 0.260. The molecule has 0 radical (unpaired) electrons. The van der Waals surface area contributed by atoms with Gasteiger partial charge in [-0.2, -0.15) is 0 Å². The summed E-state index contributed by atoms with van der Waals surface area (Å²) in [5.74, 6) is 0.186. The Balaban J connectivity index is 1.68. The van der Waals surface area contributed by atoms with Crippen LogP contribution in [0.25, 0.3) is 0 Å². The molecule has 2 N–H and O–H groups in total. The van der Waals surface area contributed by atoms with Crippen LogP contribution in [0.4, 0.5) is 11.5 Å². The van der Waals surface area contributed by atoms with E-state index in [-0.39, 0.29) is 11.6 Å². The number of pyridine rings is 1. The van der Waals surface area contributed by atoms with Crippen molar-refractivity contribution < 1.29 is 4.79 Å². The van der Waals surface area contributed by atoms with Gasteiger partial charge in [-0.15, -0.1) is 0 Å². The number of anilines is 2. The molecule has 1 amide bonds. The van der Waals surface area contributed by atoms with Crippen molar-refractivity contribution in [2.45, 2.75) is 6.54 Å². The van der Waals surface area contributed by atoms with Crippen molar-refractivity contribution in [2.24, 2.45) is 0 Å². The quantitative estimate of drug-likeness (QED) is 0.746. The zero-order valence-electron chi connectivity index (χ0n) is 12.6. The number of carbonyl (C=O) groups excluding carboxylic acids is 1. The van der Waals surface area contributed by atoms with Crippen LogP contribution in [0.1, 0.15) is 16.2 Å². The summed E-state index contributed by atoms with van der Waals surface area (Å²) >= 11 is 6.10. The SMILES string of the molecule is O=C(NCc1ccccn1)c1cc(Nc2ccccc2Cl)ncn1. The van der Waals surface area contributed by atoms with E-state index in [4.69, 9.17) is 11.6 Å². The van der Waals surface area contributed by atoms with E-state index in [2.05, 4.69) is 25.6 Å². The molecule has 0 aliphatic carbocycles. The van der Waals surface area contributed by atoms with E-state index in [0.29, 0.717) is 23.1 Å². The average Bonchev–Trinajstić information content (AvgIpc) is 2.63. The molecule has 3 aromatic rings. The lowest BCUT2D eigenvalue weighted by atomic mass is 10.3. The van der Waals surface area contributed by atoms with Gasteiger partial charge in [0.05, 0.1) is 22.9 Å². The zero-order chi connectivity index (χ0) is 16.8. The van der Waals surface area contributed by atoms with Crippen molar-refractivity contribution in [3.05, 3.63) is 77.5 Å². The molecule has 1 aromatic carbocycles. The van der Waals surface area contributed by atoms with E-state index in [1.54, 1.807) is 18.3 Å². The Hall–Kier alpha value is -2.99. The van der Waals surface area contributed by atoms with Gasteiger partial charge in [0.1, 0.15) is 17.8 Å². The number of carbonyl (C=O) groups is 1. The Morgan fingerprint density at radius 2 is 1.88 bits per heavy atom. The highest BCUT2D eigenvalue weighted by atomic mass is 35.5. The molecular formula is C17H14ClN5O. The van der Waals surface area contributed by atoms with Gasteiger partial charge < -0.3 is 10.6 Å². The molecular weight excluding hydrogens is 326 g/mol. The van der Waals surface area contributed by atoms with Crippen LogP contribution in [0.3, 0.4) is 0 Å². The molecule has 0 aliphatic heterocycles. The maximum atomic E-state index is 12.2. The first-order valence-electron chi connectivity index (χ1n) is 7.24. The number of amides is 1. The van der Waals surface area contributed by atoms with Gasteiger partial charge in [-0.1, -0.05) is 29.8 Å². The Morgan fingerprint density at radius 1 is 1.04 bits per heavy atom. The van der Waals surface area contributed by atoms with E-state index in [1.165, 1.54) is 6.33 Å². The lowest BCUT2D eigenvalue weighted by molar-refractivity contribution is 0.0945. The summed E-state index contributed by atoms with van der Waals surface area (Å²) in [6.07, 6.45) is 3.01. The Labute approximate surface area is 143 Å². The Bertz CT molecular complexity index is 841. The fraction of sp³-hybridized carbons (Fsp3) is 0.0588. The number of hydrogen-bond donors (Lipinski definition) is 2. The molecule has 0 atom stereocenters. The molecule has 2 aromatic heterocycles. The van der Waals surface area contributed by atoms with Crippen LogP contribution in [0.15, 0.2) is 61.1 Å². The summed E-state index contributed by atoms with van der Waals surface area (Å²) in [4.78, 5) is 24.5. The van der Waals surface area contributed by atoms with Crippen LogP contribution < -0.4 is 10.6 Å². The fourth-order valence-electron chi connectivity index (χ4n) is 2.01. The number of aromatic nitrogens is 3. The molecule has 0 bridgehead atoms. The number of nitrogens with zero attached hydrogens (tertiary/aromatic N) is 3. The summed E-state index contributed by atoms with van der Waals surface area (Å²) in [5, 5.41) is 6.40. The highest BCUT2D eigenvalue weighted by Gasteiger charge is 2.09. The first-order chi connectivity index (χ1) is 11.7. The number of rotatable bonds is 5. The van der Waals surface area contributed by atoms with E-state index in [0.717, 1.165) is 5.69 Å². The summed E-state index contributed by atoms with van der Waals surface area (Å²) in [6.45, 7) is 0.330. The van der Waals surface area contributed by atoms with Gasteiger partial charge in [0, 0.05) is 12.3 Å². The van der Waals surface area contributed by atoms with Gasteiger partial charge in [0.2, 0.25) is 0 Å². The Kier molecular flexibility index (Phi) is 4.98. The van der Waals surface area contributed by atoms with E-state index < -0.39 is 0 Å². The van der Waals surface area contributed by atoms with Crippen LogP contribution in [0.5, 0.6) is 0 Å². The maximum absolute atomic E-state index is 12.2. The number of benzene rings is 1. The predicted molar refractivity (Wildman–Crippen MR) is 92.2 cm³/mol.